The van der Waals surface area contributed by atoms with Crippen LogP contribution in [0, 0.1) is 11.2 Å². The Morgan fingerprint density at radius 3 is 2.20 bits per heavy atom. The molecular formula is C19H25FN2O3. The van der Waals surface area contributed by atoms with Gasteiger partial charge in [-0.2, -0.15) is 0 Å². The molecule has 3 rings (SSSR count). The van der Waals surface area contributed by atoms with Crippen molar-refractivity contribution >= 4 is 11.9 Å². The Morgan fingerprint density at radius 1 is 1.04 bits per heavy atom. The van der Waals surface area contributed by atoms with Crippen LogP contribution < -0.4 is 0 Å². The molecule has 0 atom stereocenters. The van der Waals surface area contributed by atoms with Crippen LogP contribution in [-0.2, 0) is 16.0 Å². The molecule has 0 aromatic heterocycles. The van der Waals surface area contributed by atoms with E-state index in [0.29, 0.717) is 25.9 Å². The third kappa shape index (κ3) is 3.84. The largest absolute Gasteiger partial charge is 0.480 e. The van der Waals surface area contributed by atoms with Crippen molar-refractivity contribution in [3.05, 3.63) is 35.6 Å². The van der Waals surface area contributed by atoms with E-state index in [0.717, 1.165) is 44.5 Å². The van der Waals surface area contributed by atoms with E-state index in [2.05, 4.69) is 4.90 Å². The maximum atomic E-state index is 12.9. The second-order valence-corrected chi connectivity index (χ2v) is 7.10. The number of hydrogen-bond acceptors (Lipinski definition) is 3. The van der Waals surface area contributed by atoms with E-state index >= 15 is 0 Å². The van der Waals surface area contributed by atoms with Crippen LogP contribution in [0.25, 0.3) is 0 Å². The Kier molecular flexibility index (Phi) is 5.37. The van der Waals surface area contributed by atoms with E-state index in [1.165, 1.54) is 12.1 Å². The molecule has 0 bridgehead atoms. The molecule has 1 heterocycles. The van der Waals surface area contributed by atoms with Gasteiger partial charge >= 0.3 is 5.97 Å². The quantitative estimate of drug-likeness (QED) is 0.829. The van der Waals surface area contributed by atoms with Gasteiger partial charge in [-0.3, -0.25) is 14.5 Å². The van der Waals surface area contributed by atoms with E-state index < -0.39 is 11.4 Å². The summed E-state index contributed by atoms with van der Waals surface area (Å²) in [6, 6.07) is 6.54. The number of carboxylic acid groups (broad SMARTS) is 1. The van der Waals surface area contributed by atoms with Gasteiger partial charge in [0.2, 0.25) is 5.91 Å². The molecule has 1 saturated carbocycles. The highest BCUT2D eigenvalue weighted by atomic mass is 19.1. The summed E-state index contributed by atoms with van der Waals surface area (Å²) in [5, 5.41) is 9.56. The van der Waals surface area contributed by atoms with Gasteiger partial charge < -0.3 is 10.0 Å². The summed E-state index contributed by atoms with van der Waals surface area (Å²) in [6.45, 7) is 3.53. The highest BCUT2D eigenvalue weighted by Gasteiger charge is 2.50. The molecule has 25 heavy (non-hydrogen) atoms. The SMILES string of the molecule is O=C(O)C1(C(=O)N2CCN(CCc3ccc(F)cc3)CC2)CCCC1. The first-order valence-corrected chi connectivity index (χ1v) is 9.01. The zero-order valence-electron chi connectivity index (χ0n) is 14.4. The first kappa shape index (κ1) is 17.9. The Balaban J connectivity index is 1.50. The molecule has 0 unspecified atom stereocenters. The van der Waals surface area contributed by atoms with Gasteiger partial charge in [-0.05, 0) is 37.0 Å². The Labute approximate surface area is 147 Å². The van der Waals surface area contributed by atoms with Gasteiger partial charge in [0.1, 0.15) is 11.2 Å². The number of rotatable bonds is 5. The first-order chi connectivity index (χ1) is 12.0. The molecule has 1 aliphatic carbocycles. The van der Waals surface area contributed by atoms with E-state index in [1.54, 1.807) is 17.0 Å². The van der Waals surface area contributed by atoms with Gasteiger partial charge in [0, 0.05) is 32.7 Å². The van der Waals surface area contributed by atoms with Crippen LogP contribution in [-0.4, -0.2) is 59.5 Å². The van der Waals surface area contributed by atoms with Crippen LogP contribution in [0.5, 0.6) is 0 Å². The summed E-state index contributed by atoms with van der Waals surface area (Å²) >= 11 is 0. The minimum atomic E-state index is -1.18. The van der Waals surface area contributed by atoms with Crippen LogP contribution in [0.4, 0.5) is 4.39 Å². The Morgan fingerprint density at radius 2 is 1.64 bits per heavy atom. The van der Waals surface area contributed by atoms with Gasteiger partial charge in [0.15, 0.2) is 0 Å². The number of carboxylic acids is 1. The van der Waals surface area contributed by atoms with Gasteiger partial charge in [0.05, 0.1) is 0 Å². The number of aliphatic carboxylic acids is 1. The van der Waals surface area contributed by atoms with Gasteiger partial charge in [-0.1, -0.05) is 25.0 Å². The third-order valence-corrected chi connectivity index (χ3v) is 5.57. The monoisotopic (exact) mass is 348 g/mol. The molecule has 2 aliphatic rings. The van der Waals surface area contributed by atoms with Crippen LogP contribution in [0.1, 0.15) is 31.2 Å². The molecule has 6 heteroatoms. The van der Waals surface area contributed by atoms with Crippen molar-refractivity contribution in [3.63, 3.8) is 0 Å². The molecule has 0 radical (unpaired) electrons. The molecule has 0 spiro atoms. The smallest absolute Gasteiger partial charge is 0.319 e. The lowest BCUT2D eigenvalue weighted by Crippen LogP contribution is -2.54. The molecule has 1 N–H and O–H groups in total. The number of benzene rings is 1. The van der Waals surface area contributed by atoms with Crippen molar-refractivity contribution < 1.29 is 19.1 Å². The number of amides is 1. The van der Waals surface area contributed by atoms with Gasteiger partial charge in [-0.25, -0.2) is 4.39 Å². The van der Waals surface area contributed by atoms with E-state index in [-0.39, 0.29) is 11.7 Å². The fourth-order valence-corrected chi connectivity index (χ4v) is 3.91. The average Bonchev–Trinajstić information content (AvgIpc) is 3.12. The number of nitrogens with zero attached hydrogens (tertiary/aromatic N) is 2. The van der Waals surface area contributed by atoms with Gasteiger partial charge in [0.25, 0.3) is 0 Å². The number of carbonyl (C=O) groups is 2. The summed E-state index contributed by atoms with van der Waals surface area (Å²) < 4.78 is 12.9. The summed E-state index contributed by atoms with van der Waals surface area (Å²) in [5.41, 5.74) is -0.0910. The number of carbonyl (C=O) groups excluding carboxylic acids is 1. The van der Waals surface area contributed by atoms with E-state index in [4.69, 9.17) is 0 Å². The Hall–Kier alpha value is -1.95. The normalized spacial score (nSPS) is 20.6. The van der Waals surface area contributed by atoms with Crippen molar-refractivity contribution in [2.75, 3.05) is 32.7 Å². The molecule has 1 aromatic rings. The lowest BCUT2D eigenvalue weighted by atomic mass is 9.84. The highest BCUT2D eigenvalue weighted by molar-refractivity contribution is 6.02. The van der Waals surface area contributed by atoms with Gasteiger partial charge in [-0.15, -0.1) is 0 Å². The molecule has 136 valence electrons. The third-order valence-electron chi connectivity index (χ3n) is 5.57. The summed E-state index contributed by atoms with van der Waals surface area (Å²) in [4.78, 5) is 28.4. The topological polar surface area (TPSA) is 60.9 Å². The fourth-order valence-electron chi connectivity index (χ4n) is 3.91. The van der Waals surface area contributed by atoms with Crippen LogP contribution in [0.15, 0.2) is 24.3 Å². The van der Waals surface area contributed by atoms with Crippen molar-refractivity contribution in [1.82, 2.24) is 9.80 Å². The maximum absolute atomic E-state index is 12.9. The number of hydrogen-bond donors (Lipinski definition) is 1. The van der Waals surface area contributed by atoms with Crippen molar-refractivity contribution in [1.29, 1.82) is 0 Å². The predicted molar refractivity (Wildman–Crippen MR) is 91.7 cm³/mol. The number of halogens is 1. The second-order valence-electron chi connectivity index (χ2n) is 7.10. The van der Waals surface area contributed by atoms with Crippen molar-refractivity contribution in [2.24, 2.45) is 5.41 Å². The summed E-state index contributed by atoms with van der Waals surface area (Å²) in [5.74, 6) is -1.39. The molecule has 1 aliphatic heterocycles. The molecule has 2 fully saturated rings. The summed E-state index contributed by atoms with van der Waals surface area (Å²) in [7, 11) is 0. The second kappa shape index (κ2) is 7.52. The van der Waals surface area contributed by atoms with Crippen LogP contribution in [0.3, 0.4) is 0 Å². The molecule has 1 amide bonds. The number of piperazine rings is 1. The zero-order chi connectivity index (χ0) is 17.9. The minimum absolute atomic E-state index is 0.198. The molecule has 1 aromatic carbocycles. The Bertz CT molecular complexity index is 618. The lowest BCUT2D eigenvalue weighted by Gasteiger charge is -2.38. The standard InChI is InChI=1S/C19H25FN2O3/c20-16-5-3-15(4-6-16)7-10-21-11-13-22(14-12-21)17(23)19(18(24)25)8-1-2-9-19/h3-6H,1-2,7-14H2,(H,24,25). The summed E-state index contributed by atoms with van der Waals surface area (Å²) in [6.07, 6.45) is 3.40. The molecule has 5 nitrogen and oxygen atoms in total. The lowest BCUT2D eigenvalue weighted by molar-refractivity contribution is -0.161. The highest BCUT2D eigenvalue weighted by Crippen LogP contribution is 2.40. The van der Waals surface area contributed by atoms with E-state index in [9.17, 15) is 19.1 Å². The maximum Gasteiger partial charge on any atom is 0.319 e. The fraction of sp³-hybridized carbons (Fsp3) is 0.579. The van der Waals surface area contributed by atoms with Crippen LogP contribution >= 0.6 is 0 Å². The first-order valence-electron chi connectivity index (χ1n) is 9.01. The minimum Gasteiger partial charge on any atom is -0.480 e. The van der Waals surface area contributed by atoms with Crippen molar-refractivity contribution in [3.8, 4) is 0 Å². The molecule has 1 saturated heterocycles. The zero-order valence-corrected chi connectivity index (χ0v) is 14.4. The molecular weight excluding hydrogens is 323 g/mol. The van der Waals surface area contributed by atoms with Crippen molar-refractivity contribution in [2.45, 2.75) is 32.1 Å². The average molecular weight is 348 g/mol. The predicted octanol–water partition coefficient (Wildman–Crippen LogP) is 2.16. The van der Waals surface area contributed by atoms with E-state index in [1.807, 2.05) is 0 Å². The van der Waals surface area contributed by atoms with Crippen LogP contribution in [0.2, 0.25) is 0 Å².